The second-order valence-corrected chi connectivity index (χ2v) is 5.18. The molecule has 1 rings (SSSR count). The second-order valence-electron chi connectivity index (χ2n) is 3.61. The molecule has 0 radical (unpaired) electrons. The molecule has 0 fully saturated rings. The molecule has 0 bridgehead atoms. The molecule has 0 aliphatic carbocycles. The number of hydrogen-bond donors (Lipinski definition) is 2. The van der Waals surface area contributed by atoms with Gasteiger partial charge in [0.1, 0.15) is 0 Å². The van der Waals surface area contributed by atoms with E-state index >= 15 is 0 Å². The molecular formula is C11H17N3OS. The first kappa shape index (κ1) is 12.8. The van der Waals surface area contributed by atoms with Crippen LogP contribution < -0.4 is 10.9 Å². The Morgan fingerprint density at radius 3 is 3.06 bits per heavy atom. The minimum atomic E-state index is -0.124. The molecule has 1 heterocycles. The van der Waals surface area contributed by atoms with Crippen LogP contribution in [0, 0.1) is 0 Å². The summed E-state index contributed by atoms with van der Waals surface area (Å²) in [6.07, 6.45) is 1.72. The van der Waals surface area contributed by atoms with Crippen LogP contribution in [0.2, 0.25) is 0 Å². The van der Waals surface area contributed by atoms with E-state index in [9.17, 15) is 4.79 Å². The Morgan fingerprint density at radius 2 is 2.44 bits per heavy atom. The lowest BCUT2D eigenvalue weighted by molar-refractivity contribution is 1.03. The molecule has 0 unspecified atom stereocenters. The van der Waals surface area contributed by atoms with Crippen molar-refractivity contribution in [2.24, 2.45) is 0 Å². The van der Waals surface area contributed by atoms with Crippen molar-refractivity contribution in [3.63, 3.8) is 0 Å². The van der Waals surface area contributed by atoms with E-state index in [2.05, 4.69) is 35.7 Å². The van der Waals surface area contributed by atoms with E-state index < -0.39 is 0 Å². The van der Waals surface area contributed by atoms with Crippen LogP contribution >= 0.6 is 11.8 Å². The number of H-pyrrole nitrogens is 1. The molecule has 1 aromatic heterocycles. The van der Waals surface area contributed by atoms with Crippen molar-refractivity contribution in [3.8, 4) is 0 Å². The van der Waals surface area contributed by atoms with E-state index in [-0.39, 0.29) is 5.56 Å². The molecule has 0 amide bonds. The van der Waals surface area contributed by atoms with Gasteiger partial charge in [-0.25, -0.2) is 4.98 Å². The molecular weight excluding hydrogens is 222 g/mol. The minimum absolute atomic E-state index is 0.124. The lowest BCUT2D eigenvalue weighted by atomic mass is 10.4. The average molecular weight is 239 g/mol. The Balaban J connectivity index is 2.73. The zero-order valence-corrected chi connectivity index (χ0v) is 10.4. The summed E-state index contributed by atoms with van der Waals surface area (Å²) in [5.41, 5.74) is 0.676. The third-order valence-corrected chi connectivity index (χ3v) is 2.90. The standard InChI is InChI=1S/C11H17N3OS/c1-4-5-12-11-13-9(6-10(15)14-11)7-16-8(2)3/h4,6,8H,1,5,7H2,2-3H3,(H2,12,13,14,15). The molecule has 0 spiro atoms. The predicted octanol–water partition coefficient (Wildman–Crippen LogP) is 2.01. The van der Waals surface area contributed by atoms with Gasteiger partial charge in [-0.3, -0.25) is 9.78 Å². The first-order valence-corrected chi connectivity index (χ1v) is 6.23. The van der Waals surface area contributed by atoms with Gasteiger partial charge in [0.05, 0.1) is 5.69 Å². The highest BCUT2D eigenvalue weighted by Crippen LogP contribution is 2.14. The maximum atomic E-state index is 11.3. The Kier molecular flexibility index (Phi) is 5.11. The largest absolute Gasteiger partial charge is 0.352 e. The number of aromatic nitrogens is 2. The Bertz CT molecular complexity index is 400. The summed E-state index contributed by atoms with van der Waals surface area (Å²) in [6, 6.07) is 1.54. The molecule has 1 aromatic rings. The fourth-order valence-electron chi connectivity index (χ4n) is 1.09. The molecule has 2 N–H and O–H groups in total. The molecule has 16 heavy (non-hydrogen) atoms. The van der Waals surface area contributed by atoms with Crippen molar-refractivity contribution >= 4 is 17.7 Å². The third kappa shape index (κ3) is 4.53. The van der Waals surface area contributed by atoms with Crippen molar-refractivity contribution in [1.29, 1.82) is 0 Å². The van der Waals surface area contributed by atoms with E-state index in [1.165, 1.54) is 6.07 Å². The van der Waals surface area contributed by atoms with Crippen LogP contribution in [0.5, 0.6) is 0 Å². The number of nitrogens with zero attached hydrogens (tertiary/aromatic N) is 1. The van der Waals surface area contributed by atoms with Gasteiger partial charge in [0, 0.05) is 18.4 Å². The first-order chi connectivity index (χ1) is 7.61. The van der Waals surface area contributed by atoms with E-state index in [0.29, 0.717) is 17.7 Å². The SMILES string of the molecule is C=CCNc1nc(CSC(C)C)cc(=O)[nH]1. The molecule has 0 saturated carbocycles. The van der Waals surface area contributed by atoms with Crippen LogP contribution in [0.15, 0.2) is 23.5 Å². The highest BCUT2D eigenvalue weighted by Gasteiger charge is 2.02. The number of aromatic amines is 1. The zero-order valence-electron chi connectivity index (χ0n) is 9.62. The van der Waals surface area contributed by atoms with E-state index in [1.807, 2.05) is 0 Å². The van der Waals surface area contributed by atoms with Crippen LogP contribution in [-0.4, -0.2) is 21.8 Å². The number of anilines is 1. The maximum Gasteiger partial charge on any atom is 0.252 e. The summed E-state index contributed by atoms with van der Waals surface area (Å²) in [6.45, 7) is 8.42. The van der Waals surface area contributed by atoms with Crippen molar-refractivity contribution in [3.05, 3.63) is 34.8 Å². The Labute approximate surface area is 99.6 Å². The van der Waals surface area contributed by atoms with Crippen molar-refractivity contribution in [1.82, 2.24) is 9.97 Å². The molecule has 0 atom stereocenters. The van der Waals surface area contributed by atoms with Gasteiger partial charge < -0.3 is 5.32 Å². The van der Waals surface area contributed by atoms with Gasteiger partial charge in [-0.15, -0.1) is 6.58 Å². The monoisotopic (exact) mass is 239 g/mol. The molecule has 0 aliphatic heterocycles. The van der Waals surface area contributed by atoms with Crippen LogP contribution in [0.4, 0.5) is 5.95 Å². The third-order valence-electron chi connectivity index (χ3n) is 1.77. The van der Waals surface area contributed by atoms with E-state index in [4.69, 9.17) is 0 Å². The molecule has 5 heteroatoms. The summed E-state index contributed by atoms with van der Waals surface area (Å²) in [5, 5.41) is 3.50. The fraction of sp³-hybridized carbons (Fsp3) is 0.455. The Hall–Kier alpha value is -1.23. The van der Waals surface area contributed by atoms with Crippen LogP contribution in [0.25, 0.3) is 0 Å². The van der Waals surface area contributed by atoms with Crippen LogP contribution in [-0.2, 0) is 5.75 Å². The zero-order chi connectivity index (χ0) is 12.0. The average Bonchev–Trinajstić information content (AvgIpc) is 2.23. The number of hydrogen-bond acceptors (Lipinski definition) is 4. The first-order valence-electron chi connectivity index (χ1n) is 5.18. The molecule has 88 valence electrons. The van der Waals surface area contributed by atoms with Gasteiger partial charge >= 0.3 is 0 Å². The van der Waals surface area contributed by atoms with Crippen molar-refractivity contribution < 1.29 is 0 Å². The summed E-state index contributed by atoms with van der Waals surface area (Å²) in [5.74, 6) is 1.26. The predicted molar refractivity (Wildman–Crippen MR) is 70.0 cm³/mol. The minimum Gasteiger partial charge on any atom is -0.352 e. The lowest BCUT2D eigenvalue weighted by Crippen LogP contribution is -2.13. The lowest BCUT2D eigenvalue weighted by Gasteiger charge is -2.06. The Morgan fingerprint density at radius 1 is 1.69 bits per heavy atom. The van der Waals surface area contributed by atoms with Crippen molar-refractivity contribution in [2.75, 3.05) is 11.9 Å². The summed E-state index contributed by atoms with van der Waals surface area (Å²) in [7, 11) is 0. The van der Waals surface area contributed by atoms with Gasteiger partial charge in [-0.05, 0) is 5.25 Å². The molecule has 0 aliphatic rings. The number of thioether (sulfide) groups is 1. The maximum absolute atomic E-state index is 11.3. The second kappa shape index (κ2) is 6.37. The van der Waals surface area contributed by atoms with Gasteiger partial charge in [-0.1, -0.05) is 19.9 Å². The van der Waals surface area contributed by atoms with E-state index in [0.717, 1.165) is 11.4 Å². The highest BCUT2D eigenvalue weighted by molar-refractivity contribution is 7.99. The van der Waals surface area contributed by atoms with Gasteiger partial charge in [0.25, 0.3) is 5.56 Å². The van der Waals surface area contributed by atoms with Gasteiger partial charge in [-0.2, -0.15) is 11.8 Å². The molecule has 0 aromatic carbocycles. The van der Waals surface area contributed by atoms with Gasteiger partial charge in [0.15, 0.2) is 0 Å². The van der Waals surface area contributed by atoms with Crippen LogP contribution in [0.1, 0.15) is 19.5 Å². The van der Waals surface area contributed by atoms with E-state index in [1.54, 1.807) is 17.8 Å². The molecule has 0 saturated heterocycles. The number of nitrogens with one attached hydrogen (secondary N) is 2. The number of rotatable bonds is 6. The summed E-state index contributed by atoms with van der Waals surface area (Å²) in [4.78, 5) is 18.3. The fourth-order valence-corrected chi connectivity index (χ4v) is 1.74. The van der Waals surface area contributed by atoms with Gasteiger partial charge in [0.2, 0.25) is 5.95 Å². The normalized spacial score (nSPS) is 10.4. The summed E-state index contributed by atoms with van der Waals surface area (Å²) >= 11 is 1.76. The highest BCUT2D eigenvalue weighted by atomic mass is 32.2. The molecule has 4 nitrogen and oxygen atoms in total. The topological polar surface area (TPSA) is 57.8 Å². The quantitative estimate of drug-likeness (QED) is 0.746. The smallest absolute Gasteiger partial charge is 0.252 e. The van der Waals surface area contributed by atoms with Crippen molar-refractivity contribution in [2.45, 2.75) is 24.9 Å². The summed E-state index contributed by atoms with van der Waals surface area (Å²) < 4.78 is 0. The van der Waals surface area contributed by atoms with Crippen LogP contribution in [0.3, 0.4) is 0 Å².